The molecule has 2 fully saturated rings. The highest BCUT2D eigenvalue weighted by molar-refractivity contribution is 9.10. The van der Waals surface area contributed by atoms with Crippen LogP contribution in [-0.2, 0) is 22.5 Å². The molecule has 1 aromatic heterocycles. The third-order valence-electron chi connectivity index (χ3n) is 7.23. The number of aryl methyl sites for hydroxylation is 2. The standard InChI is InChI=1S/C26H28Br2ClN3O2S/c27-19-11-18-2-1-17-12-20(29)13-22(28)24(17)25(26(18)30-14-19)16-3-7-32(8-4-16)23(33)15-34-31-21-5-9-35-10-6-21/h11-14,16,25H,1-10,15H2/t25-/m1/s1. The number of piperidine rings is 1. The molecule has 0 N–H and O–H groups in total. The van der Waals surface area contributed by atoms with E-state index in [1.807, 2.05) is 28.9 Å². The maximum absolute atomic E-state index is 12.8. The lowest BCUT2D eigenvalue weighted by Gasteiger charge is -2.37. The van der Waals surface area contributed by atoms with Crippen LogP contribution in [0.3, 0.4) is 0 Å². The van der Waals surface area contributed by atoms with Crippen LogP contribution in [0, 0.1) is 5.92 Å². The van der Waals surface area contributed by atoms with Crippen molar-refractivity contribution in [3.8, 4) is 0 Å². The third-order valence-corrected chi connectivity index (χ3v) is 9.53. The van der Waals surface area contributed by atoms with Crippen LogP contribution in [0.2, 0.25) is 5.02 Å². The Kier molecular flexibility index (Phi) is 8.42. The number of nitrogens with zero attached hydrogens (tertiary/aromatic N) is 3. The lowest BCUT2D eigenvalue weighted by Crippen LogP contribution is -2.41. The number of hydrogen-bond donors (Lipinski definition) is 0. The Morgan fingerprint density at radius 1 is 1.11 bits per heavy atom. The first kappa shape index (κ1) is 25.6. The highest BCUT2D eigenvalue weighted by atomic mass is 79.9. The molecule has 0 bridgehead atoms. The van der Waals surface area contributed by atoms with Gasteiger partial charge in [-0.15, -0.1) is 0 Å². The molecule has 0 spiro atoms. The molecule has 2 aromatic rings. The molecule has 186 valence electrons. The molecular formula is C26H28Br2ClN3O2S. The lowest BCUT2D eigenvalue weighted by molar-refractivity contribution is -0.137. The van der Waals surface area contributed by atoms with Crippen molar-refractivity contribution in [2.45, 2.75) is 44.4 Å². The predicted molar refractivity (Wildman–Crippen MR) is 150 cm³/mol. The number of pyridine rings is 1. The molecule has 0 saturated carbocycles. The summed E-state index contributed by atoms with van der Waals surface area (Å²) in [6, 6.07) is 6.32. The second-order valence-electron chi connectivity index (χ2n) is 9.40. The van der Waals surface area contributed by atoms with E-state index in [9.17, 15) is 4.79 Å². The average molecular weight is 642 g/mol. The van der Waals surface area contributed by atoms with Crippen molar-refractivity contribution < 1.29 is 9.63 Å². The molecule has 3 heterocycles. The van der Waals surface area contributed by atoms with Gasteiger partial charge in [0.25, 0.3) is 5.91 Å². The monoisotopic (exact) mass is 639 g/mol. The van der Waals surface area contributed by atoms with Gasteiger partial charge in [0.1, 0.15) is 0 Å². The number of thioether (sulfide) groups is 1. The SMILES string of the molecule is O=C(CON=C1CCSCC1)N1CCC([C@H]2c3ncc(Br)cc3CCc3cc(Cl)cc(Br)c32)CC1. The van der Waals surface area contributed by atoms with Gasteiger partial charge in [-0.2, -0.15) is 11.8 Å². The van der Waals surface area contributed by atoms with E-state index in [0.29, 0.717) is 5.92 Å². The van der Waals surface area contributed by atoms with E-state index in [0.717, 1.165) is 88.5 Å². The first-order chi connectivity index (χ1) is 17.0. The van der Waals surface area contributed by atoms with Gasteiger partial charge >= 0.3 is 0 Å². The van der Waals surface area contributed by atoms with E-state index in [2.05, 4.69) is 49.1 Å². The van der Waals surface area contributed by atoms with E-state index in [-0.39, 0.29) is 18.4 Å². The largest absolute Gasteiger partial charge is 0.386 e. The van der Waals surface area contributed by atoms with Gasteiger partial charge in [0.2, 0.25) is 0 Å². The topological polar surface area (TPSA) is 54.8 Å². The Morgan fingerprint density at radius 3 is 2.63 bits per heavy atom. The van der Waals surface area contributed by atoms with Crippen molar-refractivity contribution in [1.29, 1.82) is 0 Å². The number of hydrogen-bond acceptors (Lipinski definition) is 5. The predicted octanol–water partition coefficient (Wildman–Crippen LogP) is 6.63. The number of likely N-dealkylation sites (tertiary alicyclic amines) is 1. The summed E-state index contributed by atoms with van der Waals surface area (Å²) in [6.45, 7) is 1.47. The molecule has 5 rings (SSSR count). The van der Waals surface area contributed by atoms with Crippen molar-refractivity contribution in [1.82, 2.24) is 9.88 Å². The molecular weight excluding hydrogens is 614 g/mol. The minimum absolute atomic E-state index is 0.0228. The van der Waals surface area contributed by atoms with E-state index < -0.39 is 0 Å². The first-order valence-corrected chi connectivity index (χ1v) is 15.3. The Morgan fingerprint density at radius 2 is 1.86 bits per heavy atom. The van der Waals surface area contributed by atoms with Gasteiger partial charge in [-0.1, -0.05) is 32.7 Å². The molecule has 1 atom stereocenters. The van der Waals surface area contributed by atoms with E-state index >= 15 is 0 Å². The van der Waals surface area contributed by atoms with E-state index in [1.54, 1.807) is 0 Å². The molecule has 0 radical (unpaired) electrons. The lowest BCUT2D eigenvalue weighted by atomic mass is 9.76. The van der Waals surface area contributed by atoms with Crippen molar-refractivity contribution in [2.75, 3.05) is 31.2 Å². The molecule has 1 amide bonds. The van der Waals surface area contributed by atoms with Crippen LogP contribution >= 0.6 is 55.2 Å². The van der Waals surface area contributed by atoms with E-state index in [4.69, 9.17) is 21.4 Å². The Labute approximate surface area is 232 Å². The fourth-order valence-corrected chi connectivity index (χ4v) is 7.94. The quantitative estimate of drug-likeness (QED) is 0.352. The number of halogens is 3. The van der Waals surface area contributed by atoms with Crippen molar-refractivity contribution in [3.63, 3.8) is 0 Å². The zero-order valence-corrected chi connectivity index (χ0v) is 24.2. The van der Waals surface area contributed by atoms with Gasteiger partial charge < -0.3 is 9.74 Å². The first-order valence-electron chi connectivity index (χ1n) is 12.1. The van der Waals surface area contributed by atoms with Crippen LogP contribution in [0.4, 0.5) is 0 Å². The highest BCUT2D eigenvalue weighted by Gasteiger charge is 2.36. The minimum Gasteiger partial charge on any atom is -0.386 e. The smallest absolute Gasteiger partial charge is 0.263 e. The van der Waals surface area contributed by atoms with Gasteiger partial charge in [-0.25, -0.2) is 0 Å². The van der Waals surface area contributed by atoms with Crippen LogP contribution in [-0.4, -0.2) is 52.7 Å². The fourth-order valence-electron chi connectivity index (χ4n) is 5.48. The summed E-state index contributed by atoms with van der Waals surface area (Å²) in [5, 5.41) is 4.97. The zero-order valence-electron chi connectivity index (χ0n) is 19.4. The minimum atomic E-state index is 0.0228. The van der Waals surface area contributed by atoms with Gasteiger partial charge in [0.05, 0.1) is 11.4 Å². The summed E-state index contributed by atoms with van der Waals surface area (Å²) in [7, 11) is 0. The maximum atomic E-state index is 12.8. The van der Waals surface area contributed by atoms with Crippen LogP contribution in [0.1, 0.15) is 54.0 Å². The van der Waals surface area contributed by atoms with Crippen LogP contribution in [0.5, 0.6) is 0 Å². The summed E-state index contributed by atoms with van der Waals surface area (Å²) >= 11 is 15.8. The number of aromatic nitrogens is 1. The number of carbonyl (C=O) groups excluding carboxylic acids is 1. The van der Waals surface area contributed by atoms with Crippen molar-refractivity contribution in [3.05, 3.63) is 60.7 Å². The zero-order chi connectivity index (χ0) is 24.4. The average Bonchev–Trinajstić information content (AvgIpc) is 3.01. The van der Waals surface area contributed by atoms with Crippen molar-refractivity contribution in [2.24, 2.45) is 11.1 Å². The Balaban J connectivity index is 1.31. The molecule has 0 unspecified atom stereocenters. The van der Waals surface area contributed by atoms with Gasteiger partial charge in [0, 0.05) is 39.2 Å². The normalized spacial score (nSPS) is 20.6. The summed E-state index contributed by atoms with van der Waals surface area (Å²) in [5.41, 5.74) is 6.11. The van der Waals surface area contributed by atoms with Crippen LogP contribution in [0.15, 0.2) is 38.5 Å². The van der Waals surface area contributed by atoms with Crippen molar-refractivity contribution >= 4 is 66.8 Å². The molecule has 1 aliphatic carbocycles. The Hall–Kier alpha value is -1.09. The van der Waals surface area contributed by atoms with E-state index in [1.165, 1.54) is 16.7 Å². The molecule has 2 saturated heterocycles. The molecule has 5 nitrogen and oxygen atoms in total. The summed E-state index contributed by atoms with van der Waals surface area (Å²) < 4.78 is 2.06. The molecule has 2 aliphatic heterocycles. The molecule has 3 aliphatic rings. The second kappa shape index (κ2) is 11.5. The second-order valence-corrected chi connectivity index (χ2v) is 12.8. The van der Waals surface area contributed by atoms with Gasteiger partial charge in [-0.3, -0.25) is 9.78 Å². The molecule has 35 heavy (non-hydrogen) atoms. The number of benzene rings is 1. The highest BCUT2D eigenvalue weighted by Crippen LogP contribution is 2.46. The van der Waals surface area contributed by atoms with Crippen LogP contribution in [0.25, 0.3) is 0 Å². The fraction of sp³-hybridized carbons (Fsp3) is 0.500. The number of rotatable bonds is 4. The summed E-state index contributed by atoms with van der Waals surface area (Å²) in [5.74, 6) is 2.76. The molecule has 1 aromatic carbocycles. The number of carbonyl (C=O) groups is 1. The molecule has 9 heteroatoms. The number of amides is 1. The number of oxime groups is 1. The van der Waals surface area contributed by atoms with Gasteiger partial charge in [0.15, 0.2) is 6.61 Å². The van der Waals surface area contributed by atoms with Crippen LogP contribution < -0.4 is 0 Å². The third kappa shape index (κ3) is 5.91. The summed E-state index contributed by atoms with van der Waals surface area (Å²) in [4.78, 5) is 25.1. The number of fused-ring (bicyclic) bond motifs is 2. The Bertz CT molecular complexity index is 1130. The van der Waals surface area contributed by atoms with Gasteiger partial charge in [-0.05, 0) is 107 Å². The maximum Gasteiger partial charge on any atom is 0.263 e. The summed E-state index contributed by atoms with van der Waals surface area (Å²) in [6.07, 6.45) is 7.55.